The van der Waals surface area contributed by atoms with E-state index in [2.05, 4.69) is 20.9 Å². The largest absolute Gasteiger partial charge is 0.494 e. The van der Waals surface area contributed by atoms with Crippen LogP contribution in [0.4, 0.5) is 10.1 Å². The average molecular weight is 246 g/mol. The van der Waals surface area contributed by atoms with Crippen molar-refractivity contribution >= 4 is 27.7 Å². The van der Waals surface area contributed by atoms with Gasteiger partial charge in [0, 0.05) is 6.07 Å². The number of nitrogens with zero attached hydrogens (tertiary/aromatic N) is 1. The van der Waals surface area contributed by atoms with E-state index in [1.807, 2.05) is 0 Å². The molecule has 1 aromatic carbocycles. The topological polar surface area (TPSA) is 38.7 Å². The van der Waals surface area contributed by atoms with Crippen molar-refractivity contribution in [3.8, 4) is 5.75 Å². The zero-order chi connectivity index (χ0) is 9.84. The second-order valence-electron chi connectivity index (χ2n) is 2.14. The van der Waals surface area contributed by atoms with Gasteiger partial charge in [0.05, 0.1) is 11.6 Å². The maximum atomic E-state index is 12.8. The monoisotopic (exact) mass is 245 g/mol. The summed E-state index contributed by atoms with van der Waals surface area (Å²) in [5.74, 6) is -0.274. The molecule has 0 aliphatic rings. The Hall–Kier alpha value is -1.19. The minimum absolute atomic E-state index is 0.190. The first-order valence-corrected chi connectivity index (χ1v) is 4.09. The molecule has 0 saturated carbocycles. The molecule has 0 aliphatic heterocycles. The van der Waals surface area contributed by atoms with E-state index in [-0.39, 0.29) is 11.4 Å². The van der Waals surface area contributed by atoms with Crippen molar-refractivity contribution in [3.63, 3.8) is 0 Å². The van der Waals surface area contributed by atoms with Crippen molar-refractivity contribution in [3.05, 3.63) is 22.4 Å². The van der Waals surface area contributed by atoms with Crippen LogP contribution in [0.2, 0.25) is 0 Å². The van der Waals surface area contributed by atoms with Crippen LogP contribution >= 0.6 is 15.9 Å². The first-order valence-electron chi connectivity index (χ1n) is 3.30. The lowest BCUT2D eigenvalue weighted by molar-refractivity contribution is 0.412. The molecule has 0 spiro atoms. The molecule has 0 saturated heterocycles. The number of aliphatic imine (C=N–C) groups is 1. The Kier molecular flexibility index (Phi) is 3.17. The van der Waals surface area contributed by atoms with Crippen LogP contribution in [-0.2, 0) is 4.79 Å². The summed E-state index contributed by atoms with van der Waals surface area (Å²) in [7, 11) is 1.37. The number of rotatable bonds is 2. The van der Waals surface area contributed by atoms with E-state index in [0.717, 1.165) is 6.07 Å². The lowest BCUT2D eigenvalue weighted by Crippen LogP contribution is -1.86. The number of carbonyl (C=O) groups excluding carboxylic acids is 1. The van der Waals surface area contributed by atoms with Gasteiger partial charge in [0.15, 0.2) is 0 Å². The van der Waals surface area contributed by atoms with Crippen molar-refractivity contribution in [2.45, 2.75) is 0 Å². The minimum Gasteiger partial charge on any atom is -0.494 e. The highest BCUT2D eigenvalue weighted by Gasteiger charge is 2.08. The Bertz CT molecular complexity index is 375. The summed E-state index contributed by atoms with van der Waals surface area (Å²) >= 11 is 3.05. The summed E-state index contributed by atoms with van der Waals surface area (Å²) in [6, 6.07) is 2.33. The van der Waals surface area contributed by atoms with Gasteiger partial charge >= 0.3 is 0 Å². The van der Waals surface area contributed by atoms with Gasteiger partial charge in [-0.25, -0.2) is 9.18 Å². The van der Waals surface area contributed by atoms with Gasteiger partial charge in [0.1, 0.15) is 17.3 Å². The highest BCUT2D eigenvalue weighted by atomic mass is 79.9. The standard InChI is InChI=1S/C8H5BrFNO2/c1-13-7-3-5(10)2-6(9)8(7)11-4-12/h2-3H,1H3. The Labute approximate surface area is 82.4 Å². The predicted octanol–water partition coefficient (Wildman–Crippen LogP) is 2.56. The van der Waals surface area contributed by atoms with E-state index in [1.54, 1.807) is 0 Å². The van der Waals surface area contributed by atoms with Crippen molar-refractivity contribution in [2.24, 2.45) is 4.99 Å². The molecule has 0 aliphatic carbocycles. The molecule has 0 amide bonds. The lowest BCUT2D eigenvalue weighted by Gasteiger charge is -2.04. The van der Waals surface area contributed by atoms with Crippen molar-refractivity contribution in [1.29, 1.82) is 0 Å². The van der Waals surface area contributed by atoms with Crippen LogP contribution in [0.3, 0.4) is 0 Å². The quantitative estimate of drug-likeness (QED) is 0.594. The number of ether oxygens (including phenoxy) is 1. The highest BCUT2D eigenvalue weighted by molar-refractivity contribution is 9.10. The zero-order valence-corrected chi connectivity index (χ0v) is 8.26. The third kappa shape index (κ3) is 2.14. The van der Waals surface area contributed by atoms with Crippen LogP contribution in [0.25, 0.3) is 0 Å². The molecule has 0 fully saturated rings. The van der Waals surface area contributed by atoms with E-state index in [1.165, 1.54) is 19.3 Å². The molecular formula is C8H5BrFNO2. The number of methoxy groups -OCH3 is 1. The van der Waals surface area contributed by atoms with Crippen LogP contribution in [-0.4, -0.2) is 13.2 Å². The number of benzene rings is 1. The van der Waals surface area contributed by atoms with Gasteiger partial charge in [-0.05, 0) is 22.0 Å². The van der Waals surface area contributed by atoms with Gasteiger partial charge in [0.2, 0.25) is 6.08 Å². The predicted molar refractivity (Wildman–Crippen MR) is 48.4 cm³/mol. The molecule has 1 rings (SSSR count). The maximum absolute atomic E-state index is 12.8. The molecule has 0 unspecified atom stereocenters. The Morgan fingerprint density at radius 3 is 2.85 bits per heavy atom. The number of hydrogen-bond acceptors (Lipinski definition) is 3. The molecule has 1 aromatic rings. The molecule has 3 nitrogen and oxygen atoms in total. The third-order valence-corrected chi connectivity index (χ3v) is 1.98. The summed E-state index contributed by atoms with van der Waals surface area (Å²) < 4.78 is 18.0. The molecule has 0 radical (unpaired) electrons. The van der Waals surface area contributed by atoms with Crippen molar-refractivity contribution < 1.29 is 13.9 Å². The minimum atomic E-state index is -0.464. The molecule has 0 bridgehead atoms. The van der Waals surface area contributed by atoms with E-state index >= 15 is 0 Å². The Morgan fingerprint density at radius 1 is 1.62 bits per heavy atom. The first-order chi connectivity index (χ1) is 6.19. The Balaban J connectivity index is 3.37. The number of isocyanates is 1. The summed E-state index contributed by atoms with van der Waals surface area (Å²) in [6.07, 6.45) is 1.36. The van der Waals surface area contributed by atoms with E-state index in [9.17, 15) is 9.18 Å². The van der Waals surface area contributed by atoms with Crippen LogP contribution < -0.4 is 4.74 Å². The van der Waals surface area contributed by atoms with Gasteiger partial charge in [-0.3, -0.25) is 0 Å². The molecule has 0 atom stereocenters. The average Bonchev–Trinajstić information content (AvgIpc) is 2.09. The summed E-state index contributed by atoms with van der Waals surface area (Å²) in [5.41, 5.74) is 0.235. The van der Waals surface area contributed by atoms with Gasteiger partial charge < -0.3 is 4.74 Å². The fourth-order valence-electron chi connectivity index (χ4n) is 0.852. The SMILES string of the molecule is COc1cc(F)cc(Br)c1N=C=O. The fraction of sp³-hybridized carbons (Fsp3) is 0.125. The van der Waals surface area contributed by atoms with Gasteiger partial charge in [0.25, 0.3) is 0 Å². The highest BCUT2D eigenvalue weighted by Crippen LogP contribution is 2.35. The van der Waals surface area contributed by atoms with Crippen LogP contribution in [0.1, 0.15) is 0 Å². The summed E-state index contributed by atoms with van der Waals surface area (Å²) in [4.78, 5) is 13.4. The first kappa shape index (κ1) is 9.89. The fourth-order valence-corrected chi connectivity index (χ4v) is 1.35. The maximum Gasteiger partial charge on any atom is 0.240 e. The van der Waals surface area contributed by atoms with Gasteiger partial charge in [-0.1, -0.05) is 0 Å². The van der Waals surface area contributed by atoms with Gasteiger partial charge in [-0.15, -0.1) is 0 Å². The second-order valence-corrected chi connectivity index (χ2v) is 3.00. The molecule has 5 heteroatoms. The van der Waals surface area contributed by atoms with E-state index in [0.29, 0.717) is 4.47 Å². The zero-order valence-electron chi connectivity index (χ0n) is 6.67. The summed E-state index contributed by atoms with van der Waals surface area (Å²) in [6.45, 7) is 0. The third-order valence-electron chi connectivity index (χ3n) is 1.37. The lowest BCUT2D eigenvalue weighted by atomic mass is 10.3. The van der Waals surface area contributed by atoms with E-state index < -0.39 is 5.82 Å². The smallest absolute Gasteiger partial charge is 0.240 e. The van der Waals surface area contributed by atoms with Crippen molar-refractivity contribution in [1.82, 2.24) is 0 Å². The molecule has 0 aromatic heterocycles. The van der Waals surface area contributed by atoms with Crippen LogP contribution in [0.5, 0.6) is 5.75 Å². The van der Waals surface area contributed by atoms with Crippen LogP contribution in [0.15, 0.2) is 21.6 Å². The number of hydrogen-bond donors (Lipinski definition) is 0. The van der Waals surface area contributed by atoms with Crippen molar-refractivity contribution in [2.75, 3.05) is 7.11 Å². The molecule has 0 N–H and O–H groups in total. The molecule has 13 heavy (non-hydrogen) atoms. The Morgan fingerprint density at radius 2 is 2.31 bits per heavy atom. The summed E-state index contributed by atoms with van der Waals surface area (Å²) in [5, 5.41) is 0. The normalized spacial score (nSPS) is 9.15. The molecular weight excluding hydrogens is 241 g/mol. The molecule has 0 heterocycles. The van der Waals surface area contributed by atoms with Crippen LogP contribution in [0, 0.1) is 5.82 Å². The van der Waals surface area contributed by atoms with Gasteiger partial charge in [-0.2, -0.15) is 4.99 Å². The molecule has 68 valence electrons. The second kappa shape index (κ2) is 4.16. The van der Waals surface area contributed by atoms with E-state index in [4.69, 9.17) is 4.74 Å². The number of halogens is 2.